The van der Waals surface area contributed by atoms with E-state index in [9.17, 15) is 0 Å². The van der Waals surface area contributed by atoms with Gasteiger partial charge in [0.15, 0.2) is 0 Å². The maximum absolute atomic E-state index is 8.61. The van der Waals surface area contributed by atoms with Crippen LogP contribution in [0.3, 0.4) is 0 Å². The molecule has 2 aromatic rings. The predicted octanol–water partition coefficient (Wildman–Crippen LogP) is 0.233. The summed E-state index contributed by atoms with van der Waals surface area (Å²) in [6.45, 7) is -0.267. The molecule has 3 N–H and O–H groups in total. The Morgan fingerprint density at radius 3 is 2.81 bits per heavy atom. The van der Waals surface area contributed by atoms with Crippen LogP contribution in [0.15, 0.2) is 27.5 Å². The van der Waals surface area contributed by atoms with Crippen molar-refractivity contribution in [1.29, 1.82) is 0 Å². The zero-order chi connectivity index (χ0) is 11.6. The average Bonchev–Trinajstić information content (AvgIpc) is 2.84. The fourth-order valence-electron chi connectivity index (χ4n) is 0.985. The van der Waals surface area contributed by atoms with Crippen molar-refractivity contribution in [3.8, 4) is 11.6 Å². The quantitative estimate of drug-likeness (QED) is 0.657. The molecule has 2 aromatic heterocycles. The van der Waals surface area contributed by atoms with E-state index >= 15 is 0 Å². The monoisotopic (exact) mass is 248 g/mol. The van der Waals surface area contributed by atoms with Gasteiger partial charge < -0.3 is 0 Å². The van der Waals surface area contributed by atoms with Crippen molar-refractivity contribution in [1.82, 2.24) is 10.1 Å². The first-order valence-electron chi connectivity index (χ1n) is 4.21. The second kappa shape index (κ2) is 4.28. The Bertz CT molecular complexity index is 448. The van der Waals surface area contributed by atoms with Gasteiger partial charge in [-0.3, -0.25) is 0 Å². The van der Waals surface area contributed by atoms with Crippen LogP contribution in [0.1, 0.15) is 5.69 Å². The van der Waals surface area contributed by atoms with Crippen molar-refractivity contribution in [3.05, 3.63) is 24.3 Å². The molecule has 0 bridgehead atoms. The van der Waals surface area contributed by atoms with E-state index in [1.54, 1.807) is 6.07 Å². The fourth-order valence-corrected chi connectivity index (χ4v) is 1.33. The van der Waals surface area contributed by atoms with Gasteiger partial charge in [-0.25, -0.2) is 0 Å². The molecule has 0 fully saturated rings. The third-order valence-electron chi connectivity index (χ3n) is 1.62. The summed E-state index contributed by atoms with van der Waals surface area (Å²) >= 11 is 0. The number of oxazole rings is 1. The van der Waals surface area contributed by atoms with E-state index in [1.165, 1.54) is 12.5 Å². The van der Waals surface area contributed by atoms with Crippen molar-refractivity contribution in [2.24, 2.45) is 0 Å². The Balaban J connectivity index is 2.03. The van der Waals surface area contributed by atoms with Crippen LogP contribution in [0.4, 0.5) is 0 Å². The van der Waals surface area contributed by atoms with Gasteiger partial charge in [-0.2, -0.15) is 0 Å². The molecule has 0 aromatic carbocycles. The molecule has 0 radical (unpaired) electrons. The van der Waals surface area contributed by atoms with E-state index in [4.69, 9.17) is 19.1 Å². The molecule has 2 rings (SSSR count). The van der Waals surface area contributed by atoms with Gasteiger partial charge in [0.25, 0.3) is 0 Å². The van der Waals surface area contributed by atoms with Gasteiger partial charge in [0.1, 0.15) is 0 Å². The topological polar surface area (TPSA) is 122 Å². The first-order chi connectivity index (χ1) is 7.54. The zero-order valence-corrected chi connectivity index (χ0v) is 8.90. The summed E-state index contributed by atoms with van der Waals surface area (Å²) in [6, 6.07) is 1.56. The van der Waals surface area contributed by atoms with Crippen LogP contribution in [0.5, 0.6) is 0 Å². The van der Waals surface area contributed by atoms with Gasteiger partial charge in [-0.1, -0.05) is 0 Å². The Morgan fingerprint density at radius 2 is 2.19 bits per heavy atom. The van der Waals surface area contributed by atoms with E-state index in [0.29, 0.717) is 11.4 Å². The number of aromatic nitrogens is 2. The Morgan fingerprint density at radius 1 is 1.38 bits per heavy atom. The van der Waals surface area contributed by atoms with Gasteiger partial charge in [0, 0.05) is 0 Å². The number of hydrogen-bond acceptors (Lipinski definition) is 8. The number of rotatable bonds is 4. The average molecular weight is 248 g/mol. The number of hydrogen-bond donors (Lipinski definition) is 3. The molecule has 0 aliphatic heterocycles. The summed E-state index contributed by atoms with van der Waals surface area (Å²) < 4.78 is 14.0. The van der Waals surface area contributed by atoms with E-state index in [0.717, 1.165) is 0 Å². The summed E-state index contributed by atoms with van der Waals surface area (Å²) in [5.74, 6) is 0.216. The molecule has 8 nitrogen and oxygen atoms in total. The predicted molar refractivity (Wildman–Crippen MR) is 51.8 cm³/mol. The Kier molecular flexibility index (Phi) is 2.99. The molecule has 0 amide bonds. The van der Waals surface area contributed by atoms with Crippen molar-refractivity contribution < 1.29 is 28.1 Å². The van der Waals surface area contributed by atoms with Crippen molar-refractivity contribution in [2.75, 3.05) is 0 Å². The molecule has 0 aliphatic carbocycles. The Labute approximate surface area is 89.8 Å². The van der Waals surface area contributed by atoms with Crippen molar-refractivity contribution in [3.63, 3.8) is 0 Å². The summed E-state index contributed by atoms with van der Waals surface area (Å²) in [5.41, 5.74) is 0.707. The third-order valence-corrected chi connectivity index (χ3v) is 2.15. The summed E-state index contributed by atoms with van der Waals surface area (Å²) in [6.07, 6.45) is 2.62. The molecule has 88 valence electrons. The molecule has 2 heterocycles. The molecule has 0 saturated heterocycles. The first-order valence-corrected chi connectivity index (χ1v) is 5.96. The van der Waals surface area contributed by atoms with Crippen LogP contribution in [0.2, 0.25) is 0 Å². The van der Waals surface area contributed by atoms with Crippen LogP contribution in [0, 0.1) is 0 Å². The molecular formula is C7H9N2O6P. The van der Waals surface area contributed by atoms with Gasteiger partial charge in [-0.05, 0) is 0 Å². The summed E-state index contributed by atoms with van der Waals surface area (Å²) in [5, 5.41) is 3.60. The minimum absolute atomic E-state index is 0.216. The molecule has 0 aliphatic rings. The second-order valence-corrected chi connectivity index (χ2v) is 4.33. The SMILES string of the molecule is O[PH](O)(O)OCc1coc(-c2ccon2)n1. The van der Waals surface area contributed by atoms with Crippen LogP contribution in [0.25, 0.3) is 11.6 Å². The molecule has 9 heteroatoms. The van der Waals surface area contributed by atoms with E-state index in [1.807, 2.05) is 0 Å². The van der Waals surface area contributed by atoms with Crippen LogP contribution < -0.4 is 0 Å². The second-order valence-electron chi connectivity index (χ2n) is 2.89. The minimum atomic E-state index is -4.51. The standard InChI is InChI=1S/C7H9N2O6P/c10-16(11,12)15-4-5-3-13-7(8-5)6-1-2-14-9-6/h1-3,10-12,16H,4H2. The maximum atomic E-state index is 8.61. The van der Waals surface area contributed by atoms with E-state index < -0.39 is 8.17 Å². The summed E-state index contributed by atoms with van der Waals surface area (Å²) in [7, 11) is -4.51. The molecule has 0 spiro atoms. The van der Waals surface area contributed by atoms with Crippen LogP contribution >= 0.6 is 8.17 Å². The van der Waals surface area contributed by atoms with Crippen molar-refractivity contribution >= 4 is 8.17 Å². The zero-order valence-electron chi connectivity index (χ0n) is 7.90. The molecule has 16 heavy (non-hydrogen) atoms. The van der Waals surface area contributed by atoms with Crippen LogP contribution in [-0.4, -0.2) is 24.8 Å². The first kappa shape index (κ1) is 11.2. The molecule has 0 saturated carbocycles. The molecular weight excluding hydrogens is 239 g/mol. The van der Waals surface area contributed by atoms with Gasteiger partial charge >= 0.3 is 88.9 Å². The molecule has 0 unspecified atom stereocenters. The normalized spacial score (nSPS) is 12.9. The van der Waals surface area contributed by atoms with Gasteiger partial charge in [-0.15, -0.1) is 0 Å². The fraction of sp³-hybridized carbons (Fsp3) is 0.143. The van der Waals surface area contributed by atoms with Gasteiger partial charge in [0.05, 0.1) is 0 Å². The molecule has 0 atom stereocenters. The van der Waals surface area contributed by atoms with E-state index in [2.05, 4.69) is 19.2 Å². The van der Waals surface area contributed by atoms with Crippen LogP contribution in [-0.2, 0) is 11.1 Å². The Hall–Kier alpha value is -1.31. The van der Waals surface area contributed by atoms with Crippen molar-refractivity contribution in [2.45, 2.75) is 6.61 Å². The summed E-state index contributed by atoms with van der Waals surface area (Å²) in [4.78, 5) is 29.8. The van der Waals surface area contributed by atoms with Gasteiger partial charge in [0.2, 0.25) is 0 Å². The number of nitrogens with zero attached hydrogens (tertiary/aromatic N) is 2. The van der Waals surface area contributed by atoms with E-state index in [-0.39, 0.29) is 12.5 Å². The third kappa shape index (κ3) is 2.84.